The molecule has 5 heteroatoms. The Morgan fingerprint density at radius 2 is 1.88 bits per heavy atom. The van der Waals surface area contributed by atoms with Crippen molar-refractivity contribution in [3.63, 3.8) is 0 Å². The van der Waals surface area contributed by atoms with Crippen molar-refractivity contribution in [2.75, 3.05) is 6.54 Å². The van der Waals surface area contributed by atoms with Gasteiger partial charge < -0.3 is 10.6 Å². The molecular formula is C11H21N3O2. The van der Waals surface area contributed by atoms with Crippen LogP contribution in [0.2, 0.25) is 0 Å². The molecule has 1 atom stereocenters. The highest BCUT2D eigenvalue weighted by atomic mass is 16.2. The Balaban J connectivity index is 2.14. The number of amides is 2. The first-order valence-corrected chi connectivity index (χ1v) is 5.82. The molecule has 1 fully saturated rings. The number of hydrogen-bond acceptors (Lipinski definition) is 3. The van der Waals surface area contributed by atoms with Crippen LogP contribution in [0.3, 0.4) is 0 Å². The molecule has 0 spiro atoms. The van der Waals surface area contributed by atoms with E-state index in [9.17, 15) is 9.59 Å². The Hall–Kier alpha value is -1.10. The van der Waals surface area contributed by atoms with E-state index in [-0.39, 0.29) is 30.4 Å². The SMILES string of the molecule is CC(C)NC(=O)C(C)NCC(=O)NC1CC1. The minimum Gasteiger partial charge on any atom is -0.353 e. The Bertz CT molecular complexity index is 262. The van der Waals surface area contributed by atoms with Gasteiger partial charge in [0.2, 0.25) is 11.8 Å². The number of hydrogen-bond donors (Lipinski definition) is 3. The van der Waals surface area contributed by atoms with Gasteiger partial charge >= 0.3 is 0 Å². The quantitative estimate of drug-likeness (QED) is 0.587. The van der Waals surface area contributed by atoms with E-state index in [1.807, 2.05) is 13.8 Å². The molecule has 92 valence electrons. The van der Waals surface area contributed by atoms with Crippen LogP contribution in [0.15, 0.2) is 0 Å². The predicted octanol–water partition coefficient (Wildman–Crippen LogP) is -0.232. The second-order valence-corrected chi connectivity index (χ2v) is 4.61. The van der Waals surface area contributed by atoms with Crippen molar-refractivity contribution >= 4 is 11.8 Å². The van der Waals surface area contributed by atoms with E-state index in [0.29, 0.717) is 6.04 Å². The lowest BCUT2D eigenvalue weighted by Gasteiger charge is -2.15. The van der Waals surface area contributed by atoms with E-state index in [1.165, 1.54) is 0 Å². The maximum absolute atomic E-state index is 11.5. The van der Waals surface area contributed by atoms with Gasteiger partial charge in [0.1, 0.15) is 0 Å². The van der Waals surface area contributed by atoms with Gasteiger partial charge in [-0.15, -0.1) is 0 Å². The number of rotatable bonds is 6. The zero-order valence-electron chi connectivity index (χ0n) is 10.2. The average Bonchev–Trinajstić information content (AvgIpc) is 2.96. The van der Waals surface area contributed by atoms with E-state index < -0.39 is 0 Å². The van der Waals surface area contributed by atoms with Crippen LogP contribution in [-0.2, 0) is 9.59 Å². The summed E-state index contributed by atoms with van der Waals surface area (Å²) in [6, 6.07) is 0.151. The number of nitrogens with one attached hydrogen (secondary N) is 3. The third-order valence-electron chi connectivity index (χ3n) is 2.34. The van der Waals surface area contributed by atoms with Crippen molar-refractivity contribution in [3.8, 4) is 0 Å². The molecule has 0 aromatic rings. The Kier molecular flexibility index (Phi) is 4.73. The molecule has 5 nitrogen and oxygen atoms in total. The lowest BCUT2D eigenvalue weighted by atomic mass is 10.3. The maximum Gasteiger partial charge on any atom is 0.237 e. The summed E-state index contributed by atoms with van der Waals surface area (Å²) in [5.74, 6) is -0.110. The first-order chi connectivity index (χ1) is 7.49. The highest BCUT2D eigenvalue weighted by Crippen LogP contribution is 2.18. The predicted molar refractivity (Wildman–Crippen MR) is 61.9 cm³/mol. The molecule has 0 bridgehead atoms. The largest absolute Gasteiger partial charge is 0.353 e. The summed E-state index contributed by atoms with van der Waals surface area (Å²) in [6.07, 6.45) is 2.16. The molecular weight excluding hydrogens is 206 g/mol. The van der Waals surface area contributed by atoms with Gasteiger partial charge in [-0.1, -0.05) is 0 Å². The summed E-state index contributed by atoms with van der Waals surface area (Å²) < 4.78 is 0. The van der Waals surface area contributed by atoms with Crippen molar-refractivity contribution in [1.82, 2.24) is 16.0 Å². The monoisotopic (exact) mass is 227 g/mol. The topological polar surface area (TPSA) is 70.2 Å². The van der Waals surface area contributed by atoms with Gasteiger partial charge in [0.25, 0.3) is 0 Å². The average molecular weight is 227 g/mol. The van der Waals surface area contributed by atoms with Crippen molar-refractivity contribution in [3.05, 3.63) is 0 Å². The molecule has 1 aliphatic carbocycles. The molecule has 1 saturated carbocycles. The highest BCUT2D eigenvalue weighted by Gasteiger charge is 2.23. The molecule has 0 aliphatic heterocycles. The minimum atomic E-state index is -0.340. The summed E-state index contributed by atoms with van der Waals surface area (Å²) in [7, 11) is 0. The van der Waals surface area contributed by atoms with Gasteiger partial charge in [-0.25, -0.2) is 0 Å². The minimum absolute atomic E-state index is 0.0355. The molecule has 0 heterocycles. The van der Waals surface area contributed by atoms with Crippen LogP contribution >= 0.6 is 0 Å². The molecule has 1 aliphatic rings. The van der Waals surface area contributed by atoms with Crippen LogP contribution in [0.4, 0.5) is 0 Å². The van der Waals surface area contributed by atoms with Crippen molar-refractivity contribution in [2.45, 2.75) is 51.7 Å². The zero-order chi connectivity index (χ0) is 12.1. The fraction of sp³-hybridized carbons (Fsp3) is 0.818. The molecule has 16 heavy (non-hydrogen) atoms. The summed E-state index contributed by atoms with van der Waals surface area (Å²) in [6.45, 7) is 5.76. The number of carbonyl (C=O) groups is 2. The van der Waals surface area contributed by atoms with Crippen LogP contribution in [0, 0.1) is 0 Å². The summed E-state index contributed by atoms with van der Waals surface area (Å²) in [5.41, 5.74) is 0. The lowest BCUT2D eigenvalue weighted by molar-refractivity contribution is -0.123. The van der Waals surface area contributed by atoms with Crippen LogP contribution < -0.4 is 16.0 Å². The van der Waals surface area contributed by atoms with Crippen LogP contribution in [-0.4, -0.2) is 36.5 Å². The molecule has 0 radical (unpaired) electrons. The third-order valence-corrected chi connectivity index (χ3v) is 2.34. The zero-order valence-corrected chi connectivity index (χ0v) is 10.2. The Morgan fingerprint density at radius 3 is 2.38 bits per heavy atom. The van der Waals surface area contributed by atoms with Crippen LogP contribution in [0.25, 0.3) is 0 Å². The van der Waals surface area contributed by atoms with Crippen LogP contribution in [0.1, 0.15) is 33.6 Å². The van der Waals surface area contributed by atoms with E-state index in [4.69, 9.17) is 0 Å². The smallest absolute Gasteiger partial charge is 0.237 e. The van der Waals surface area contributed by atoms with Gasteiger partial charge in [-0.05, 0) is 33.6 Å². The van der Waals surface area contributed by atoms with Gasteiger partial charge in [-0.3, -0.25) is 14.9 Å². The van der Waals surface area contributed by atoms with Crippen molar-refractivity contribution < 1.29 is 9.59 Å². The van der Waals surface area contributed by atoms with Crippen molar-refractivity contribution in [1.29, 1.82) is 0 Å². The highest BCUT2D eigenvalue weighted by molar-refractivity contribution is 5.83. The second-order valence-electron chi connectivity index (χ2n) is 4.61. The normalized spacial score (nSPS) is 17.0. The van der Waals surface area contributed by atoms with E-state index in [0.717, 1.165) is 12.8 Å². The van der Waals surface area contributed by atoms with Crippen molar-refractivity contribution in [2.24, 2.45) is 0 Å². The standard InChI is InChI=1S/C11H21N3O2/c1-7(2)13-11(16)8(3)12-6-10(15)14-9-4-5-9/h7-9,12H,4-6H2,1-3H3,(H,13,16)(H,14,15). The number of carbonyl (C=O) groups excluding carboxylic acids is 2. The Morgan fingerprint density at radius 1 is 1.25 bits per heavy atom. The van der Waals surface area contributed by atoms with Gasteiger partial charge in [0.05, 0.1) is 12.6 Å². The first-order valence-electron chi connectivity index (χ1n) is 5.82. The lowest BCUT2D eigenvalue weighted by Crippen LogP contribution is -2.47. The van der Waals surface area contributed by atoms with Gasteiger partial charge in [0, 0.05) is 12.1 Å². The molecule has 3 N–H and O–H groups in total. The van der Waals surface area contributed by atoms with E-state index in [2.05, 4.69) is 16.0 Å². The molecule has 1 unspecified atom stereocenters. The summed E-state index contributed by atoms with van der Waals surface area (Å²) >= 11 is 0. The molecule has 2 amide bonds. The van der Waals surface area contributed by atoms with E-state index >= 15 is 0 Å². The Labute approximate surface area is 96.4 Å². The molecule has 1 rings (SSSR count). The third kappa shape index (κ3) is 5.11. The summed E-state index contributed by atoms with van der Waals surface area (Å²) in [5, 5.41) is 8.54. The molecule has 0 saturated heterocycles. The van der Waals surface area contributed by atoms with Gasteiger partial charge in [0.15, 0.2) is 0 Å². The second kappa shape index (κ2) is 5.84. The first kappa shape index (κ1) is 13.0. The van der Waals surface area contributed by atoms with Crippen LogP contribution in [0.5, 0.6) is 0 Å². The fourth-order valence-corrected chi connectivity index (χ4v) is 1.25. The summed E-state index contributed by atoms with van der Waals surface area (Å²) in [4.78, 5) is 22.8. The van der Waals surface area contributed by atoms with E-state index in [1.54, 1.807) is 6.92 Å². The fourth-order valence-electron chi connectivity index (χ4n) is 1.25. The maximum atomic E-state index is 11.5. The molecule has 0 aromatic carbocycles. The van der Waals surface area contributed by atoms with Gasteiger partial charge in [-0.2, -0.15) is 0 Å². The molecule has 0 aromatic heterocycles.